The van der Waals surface area contributed by atoms with Crippen molar-refractivity contribution < 1.29 is 33.2 Å². The first kappa shape index (κ1) is 57.3. The summed E-state index contributed by atoms with van der Waals surface area (Å²) in [5, 5.41) is 18.3. The Labute approximate surface area is 479 Å². The summed E-state index contributed by atoms with van der Waals surface area (Å²) in [6, 6.07) is 32.5. The summed E-state index contributed by atoms with van der Waals surface area (Å²) in [6.45, 7) is 15.5. The van der Waals surface area contributed by atoms with Gasteiger partial charge in [-0.3, -0.25) is 38.1 Å². The molecule has 8 aromatic rings. The first-order valence-electron chi connectivity index (χ1n) is 26.8. The lowest BCUT2D eigenvalue weighted by Crippen LogP contribution is -2.38. The Morgan fingerprint density at radius 3 is 1.65 bits per heavy atom. The number of ketones is 1. The smallest absolute Gasteiger partial charge is 0.276 e. The van der Waals surface area contributed by atoms with E-state index in [0.29, 0.717) is 59.3 Å². The highest BCUT2D eigenvalue weighted by Crippen LogP contribution is 2.35. The average molecular weight is 1120 g/mol. The van der Waals surface area contributed by atoms with Crippen molar-refractivity contribution in [2.45, 2.75) is 79.1 Å². The minimum Gasteiger partial charge on any atom is -0.357 e. The molecule has 0 fully saturated rings. The molecule has 0 unspecified atom stereocenters. The molecule has 0 saturated carbocycles. The maximum Gasteiger partial charge on any atom is 0.276 e. The van der Waals surface area contributed by atoms with Crippen molar-refractivity contribution in [3.05, 3.63) is 231 Å². The topological polar surface area (TPSA) is 212 Å². The summed E-state index contributed by atoms with van der Waals surface area (Å²) in [5.41, 5.74) is 11.6. The number of nitrogens with one attached hydrogen (secondary N) is 5. The van der Waals surface area contributed by atoms with Crippen LogP contribution in [0.5, 0.6) is 0 Å². The summed E-state index contributed by atoms with van der Waals surface area (Å²) in [5.74, 6) is -1.96. The number of halogens is 2. The Morgan fingerprint density at radius 1 is 0.671 bits per heavy atom. The zero-order valence-electron chi connectivity index (χ0n) is 46.2. The van der Waals surface area contributed by atoms with Crippen LogP contribution in [0.25, 0.3) is 0 Å². The molecule has 4 aromatic carbocycles. The molecule has 0 radical (unpaired) electrons. The van der Waals surface area contributed by atoms with E-state index in [4.69, 9.17) is 21.8 Å². The second-order valence-corrected chi connectivity index (χ2v) is 21.0. The summed E-state index contributed by atoms with van der Waals surface area (Å²) in [6.07, 6.45) is 7.43. The molecular formula is C63H63ClFN11O6. The second-order valence-electron chi connectivity index (χ2n) is 20.7. The van der Waals surface area contributed by atoms with E-state index in [9.17, 15) is 33.2 Å². The van der Waals surface area contributed by atoms with Crippen molar-refractivity contribution in [3.63, 3.8) is 0 Å². The van der Waals surface area contributed by atoms with Crippen LogP contribution in [-0.4, -0.2) is 93.6 Å². The number of nitrogens with zero attached hydrogens (tertiary/aromatic N) is 6. The van der Waals surface area contributed by atoms with Crippen molar-refractivity contribution in [1.29, 1.82) is 0 Å². The van der Waals surface area contributed by atoms with E-state index in [1.807, 2.05) is 106 Å². The normalized spacial score (nSPS) is 14.5. The number of rotatable bonds is 16. The van der Waals surface area contributed by atoms with Gasteiger partial charge in [-0.2, -0.15) is 10.2 Å². The molecule has 19 heteroatoms. The monoisotopic (exact) mass is 1120 g/mol. The number of H-pyrrole nitrogens is 2. The molecule has 17 nitrogen and oxygen atoms in total. The molecule has 0 aliphatic carbocycles. The van der Waals surface area contributed by atoms with Gasteiger partial charge in [0.2, 0.25) is 5.91 Å². The van der Waals surface area contributed by atoms with Gasteiger partial charge in [-0.1, -0.05) is 75.0 Å². The van der Waals surface area contributed by atoms with Crippen molar-refractivity contribution in [2.24, 2.45) is 0 Å². The Hall–Kier alpha value is -9.42. The number of hydrogen-bond acceptors (Lipinski definition) is 8. The molecular weight excluding hydrogens is 1060 g/mol. The largest absolute Gasteiger partial charge is 0.357 e. The lowest BCUT2D eigenvalue weighted by molar-refractivity contribution is -0.114. The fourth-order valence-electron chi connectivity index (χ4n) is 10.6. The van der Waals surface area contributed by atoms with E-state index < -0.39 is 5.82 Å². The van der Waals surface area contributed by atoms with Crippen molar-refractivity contribution in [1.82, 2.24) is 39.3 Å². The number of alkyl halides is 1. The van der Waals surface area contributed by atoms with E-state index in [1.54, 1.807) is 63.3 Å². The highest BCUT2D eigenvalue weighted by molar-refractivity contribution is 6.19. The number of carbonyl (C=O) groups is 6. The van der Waals surface area contributed by atoms with Gasteiger partial charge in [0.1, 0.15) is 17.2 Å². The van der Waals surface area contributed by atoms with Crippen LogP contribution < -0.4 is 16.0 Å². The van der Waals surface area contributed by atoms with Gasteiger partial charge in [0.25, 0.3) is 23.6 Å². The third kappa shape index (κ3) is 13.3. The third-order valence-corrected chi connectivity index (χ3v) is 14.5. The van der Waals surface area contributed by atoms with E-state index in [-0.39, 0.29) is 90.3 Å². The first-order chi connectivity index (χ1) is 39.5. The first-order valence-corrected chi connectivity index (χ1v) is 27.4. The van der Waals surface area contributed by atoms with Crippen LogP contribution in [-0.2, 0) is 42.2 Å². The third-order valence-electron chi connectivity index (χ3n) is 14.3. The van der Waals surface area contributed by atoms with Crippen LogP contribution in [0.3, 0.4) is 0 Å². The maximum atomic E-state index is 14.6. The van der Waals surface area contributed by atoms with Crippen LogP contribution in [0.1, 0.15) is 124 Å². The molecule has 5 N–H and O–H groups in total. The highest BCUT2D eigenvalue weighted by Gasteiger charge is 2.37. The lowest BCUT2D eigenvalue weighted by atomic mass is 9.95. The number of amides is 5. The van der Waals surface area contributed by atoms with Crippen molar-refractivity contribution >= 4 is 64.0 Å². The number of fused-ring (bicyclic) bond motifs is 2. The van der Waals surface area contributed by atoms with Gasteiger partial charge in [-0.05, 0) is 127 Å². The maximum absolute atomic E-state index is 14.6. The molecule has 5 amide bonds. The molecule has 82 heavy (non-hydrogen) atoms. The van der Waals surface area contributed by atoms with Gasteiger partial charge < -0.3 is 35.7 Å². The predicted molar refractivity (Wildman–Crippen MR) is 314 cm³/mol. The lowest BCUT2D eigenvalue weighted by Gasteiger charge is -2.32. The van der Waals surface area contributed by atoms with E-state index in [1.165, 1.54) is 24.3 Å². The van der Waals surface area contributed by atoms with Gasteiger partial charge in [0.05, 0.1) is 26.2 Å². The van der Waals surface area contributed by atoms with Crippen molar-refractivity contribution in [2.75, 3.05) is 34.9 Å². The summed E-state index contributed by atoms with van der Waals surface area (Å²) in [7, 11) is 0. The van der Waals surface area contributed by atoms with Gasteiger partial charge in [-0.25, -0.2) is 4.39 Å². The molecule has 2 aliphatic rings. The summed E-state index contributed by atoms with van der Waals surface area (Å²) < 4.78 is 18.2. The van der Waals surface area contributed by atoms with Gasteiger partial charge in [-0.15, -0.1) is 11.6 Å². The molecule has 2 aliphatic heterocycles. The molecule has 4 aromatic heterocycles. The van der Waals surface area contributed by atoms with Crippen LogP contribution in [0.4, 0.5) is 21.5 Å². The number of hydrogen-bond donors (Lipinski definition) is 5. The number of benzene rings is 4. The minimum atomic E-state index is -0.473. The zero-order chi connectivity index (χ0) is 58.2. The number of aromatic amines is 2. The molecule has 6 heterocycles. The Morgan fingerprint density at radius 2 is 1.18 bits per heavy atom. The SMILES string of the molecule is C=CC(=O)Nc1ccc(Cn2nc(C(=O)Nc3cccc(C)c3)c3c2[C@H](C)CN(C(=O)c2ccc[nH]2)C3)cc1C.Cc1cccc(NC(=O)c2nn(Cc3ccc(F)c(CC(=O)/C=C/CCl)c3)c3c2CN(C(=O)c2ccc[nH]2)C[C@H]3C)c1. The summed E-state index contributed by atoms with van der Waals surface area (Å²) in [4.78, 5) is 87.0. The Balaban J connectivity index is 0.000000198. The number of allylic oxidation sites excluding steroid dienone is 2. The molecule has 0 bridgehead atoms. The molecule has 2 atom stereocenters. The van der Waals surface area contributed by atoms with E-state index in [2.05, 4.69) is 32.5 Å². The second kappa shape index (κ2) is 25.4. The molecule has 420 valence electrons. The van der Waals surface area contributed by atoms with Crippen LogP contribution in [0.15, 0.2) is 146 Å². The van der Waals surface area contributed by atoms with Gasteiger partial charge in [0.15, 0.2) is 17.2 Å². The van der Waals surface area contributed by atoms with Crippen LogP contribution >= 0.6 is 11.6 Å². The van der Waals surface area contributed by atoms with Crippen LogP contribution in [0.2, 0.25) is 0 Å². The molecule has 0 spiro atoms. The summed E-state index contributed by atoms with van der Waals surface area (Å²) >= 11 is 5.62. The number of aryl methyl sites for hydroxylation is 3. The van der Waals surface area contributed by atoms with Gasteiger partial charge in [0, 0.05) is 89.2 Å². The number of carbonyl (C=O) groups excluding carboxylic acids is 6. The van der Waals surface area contributed by atoms with Crippen molar-refractivity contribution in [3.8, 4) is 0 Å². The van der Waals surface area contributed by atoms with Crippen LogP contribution in [0, 0.1) is 26.6 Å². The number of anilines is 3. The Kier molecular flexibility index (Phi) is 17.7. The zero-order valence-corrected chi connectivity index (χ0v) is 46.9. The van der Waals surface area contributed by atoms with E-state index in [0.717, 1.165) is 44.8 Å². The predicted octanol–water partition coefficient (Wildman–Crippen LogP) is 10.6. The van der Waals surface area contributed by atoms with E-state index >= 15 is 0 Å². The van der Waals surface area contributed by atoms with Gasteiger partial charge >= 0.3 is 0 Å². The fourth-order valence-corrected chi connectivity index (χ4v) is 10.7. The fraction of sp³-hybridized carbons (Fsp3) is 0.238. The molecule has 10 rings (SSSR count). The quantitative estimate of drug-likeness (QED) is 0.0463. The standard InChI is InChI=1S/C32H31ClFN5O3.C31H32N6O3/c1-20-6-3-7-24(14-20)36-31(41)29-26-19-38(32(42)28-9-5-13-35-28)17-21(2)30(26)39(37-29)18-22-10-11-27(34)23(15-22)16-25(40)8-4-12-33;1-5-27(38)34-25-12-11-22(15-20(25)3)17-37-29-21(4)16-36(31(40)26-10-7-13-32-26)18-24(29)28(35-37)30(39)33-23-9-6-8-19(2)14-23/h3-11,13-15,21,35H,12,16-19H2,1-2H3,(H,36,41);5-15,21,32H,1,16-18H2,2-4H3,(H,33,39)(H,34,38)/b8-4+;/t2*21-/m11/s1. The number of aromatic nitrogens is 6. The Bertz CT molecular complexity index is 3750. The average Bonchev–Trinajstić information content (AvgIpc) is 4.51. The molecule has 0 saturated heterocycles. The minimum absolute atomic E-state index is 0.0528. The highest BCUT2D eigenvalue weighted by atomic mass is 35.5.